The minimum atomic E-state index is -3.11. The third-order valence-electron chi connectivity index (χ3n) is 1.98. The maximum atomic E-state index is 12.8. The highest BCUT2D eigenvalue weighted by Gasteiger charge is 2.27. The van der Waals surface area contributed by atoms with Crippen molar-refractivity contribution >= 4 is 45.8 Å². The van der Waals surface area contributed by atoms with E-state index in [9.17, 15) is 13.6 Å². The van der Waals surface area contributed by atoms with Gasteiger partial charge in [0.15, 0.2) is 0 Å². The molecule has 0 aromatic heterocycles. The Kier molecular flexibility index (Phi) is 7.06. The Morgan fingerprint density at radius 3 is 2.67 bits per heavy atom. The monoisotopic (exact) mass is 362 g/mol. The summed E-state index contributed by atoms with van der Waals surface area (Å²) < 4.78 is 26.1. The third-order valence-corrected chi connectivity index (χ3v) is 2.91. The summed E-state index contributed by atoms with van der Waals surface area (Å²) in [5, 5.41) is 2.45. The van der Waals surface area contributed by atoms with Crippen molar-refractivity contribution in [1.82, 2.24) is 5.32 Å². The average Bonchev–Trinajstić information content (AvgIpc) is 2.29. The molecule has 0 saturated carbocycles. The minimum absolute atomic E-state index is 0. The van der Waals surface area contributed by atoms with Crippen LogP contribution in [0.5, 0.6) is 0 Å². The predicted molar refractivity (Wildman–Crippen MR) is 72.7 cm³/mol. The number of benzene rings is 1. The number of carbonyl (C=O) groups is 1. The summed E-state index contributed by atoms with van der Waals surface area (Å²) in [5.74, 6) is -3.74. The molecule has 0 aliphatic heterocycles. The highest BCUT2D eigenvalue weighted by atomic mass is 79.9. The van der Waals surface area contributed by atoms with E-state index in [2.05, 4.69) is 21.2 Å². The molecule has 0 heterocycles. The molecule has 0 unspecified atom stereocenters. The van der Waals surface area contributed by atoms with Gasteiger partial charge in [-0.1, -0.05) is 11.6 Å². The zero-order chi connectivity index (χ0) is 13.1. The van der Waals surface area contributed by atoms with Crippen molar-refractivity contribution in [3.63, 3.8) is 0 Å². The number of hydrogen-bond donors (Lipinski definition) is 2. The normalized spacial score (nSPS) is 10.7. The summed E-state index contributed by atoms with van der Waals surface area (Å²) in [4.78, 5) is 11.6. The van der Waals surface area contributed by atoms with Crippen LogP contribution in [-0.2, 0) is 0 Å². The summed E-state index contributed by atoms with van der Waals surface area (Å²) in [6, 6.07) is 4.54. The predicted octanol–water partition coefficient (Wildman–Crippen LogP) is 2.85. The largest absolute Gasteiger partial charge is 0.346 e. The molecule has 3 N–H and O–H groups in total. The number of rotatable bonds is 4. The Morgan fingerprint density at radius 2 is 2.11 bits per heavy atom. The van der Waals surface area contributed by atoms with Crippen LogP contribution in [0.25, 0.3) is 0 Å². The van der Waals surface area contributed by atoms with E-state index < -0.39 is 24.9 Å². The highest BCUT2D eigenvalue weighted by molar-refractivity contribution is 9.10. The van der Waals surface area contributed by atoms with Crippen LogP contribution in [0.4, 0.5) is 8.78 Å². The van der Waals surface area contributed by atoms with Crippen molar-refractivity contribution in [3.05, 3.63) is 33.3 Å². The molecule has 1 aromatic carbocycles. The fourth-order valence-electron chi connectivity index (χ4n) is 1.05. The topological polar surface area (TPSA) is 55.1 Å². The van der Waals surface area contributed by atoms with Crippen LogP contribution in [-0.4, -0.2) is 24.9 Å². The molecule has 1 rings (SSSR count). The molecule has 18 heavy (non-hydrogen) atoms. The Bertz CT molecular complexity index is 432. The van der Waals surface area contributed by atoms with Gasteiger partial charge in [0.25, 0.3) is 11.8 Å². The van der Waals surface area contributed by atoms with Crippen molar-refractivity contribution in [2.75, 3.05) is 13.1 Å². The number of halogens is 5. The number of carbonyl (C=O) groups excluding carboxylic acids is 1. The molecule has 0 aliphatic carbocycles. The minimum Gasteiger partial charge on any atom is -0.346 e. The number of alkyl halides is 2. The lowest BCUT2D eigenvalue weighted by Gasteiger charge is -2.15. The summed E-state index contributed by atoms with van der Waals surface area (Å²) in [5.41, 5.74) is 5.05. The zero-order valence-corrected chi connectivity index (χ0v) is 12.2. The lowest BCUT2D eigenvalue weighted by molar-refractivity contribution is 0.0118. The lowest BCUT2D eigenvalue weighted by Crippen LogP contribution is -2.41. The molecule has 0 fully saturated rings. The molecule has 1 aromatic rings. The van der Waals surface area contributed by atoms with Crippen LogP contribution < -0.4 is 11.1 Å². The van der Waals surface area contributed by atoms with Crippen LogP contribution in [0.15, 0.2) is 22.7 Å². The molecule has 8 heteroatoms. The summed E-state index contributed by atoms with van der Waals surface area (Å²) in [6.45, 7) is -1.62. The molecule has 0 radical (unpaired) electrons. The van der Waals surface area contributed by atoms with Crippen LogP contribution in [0.1, 0.15) is 10.4 Å². The van der Waals surface area contributed by atoms with E-state index in [0.717, 1.165) is 0 Å². The first-order valence-electron chi connectivity index (χ1n) is 4.67. The Balaban J connectivity index is 0.00000289. The molecule has 0 spiro atoms. The van der Waals surface area contributed by atoms with Gasteiger partial charge < -0.3 is 11.1 Å². The first-order valence-corrected chi connectivity index (χ1v) is 5.84. The van der Waals surface area contributed by atoms with Gasteiger partial charge in [-0.2, -0.15) is 0 Å². The SMILES string of the molecule is Cl.NCC(F)(F)CNC(=O)c1cc(Cl)ccc1Br. The van der Waals surface area contributed by atoms with Crippen molar-refractivity contribution in [1.29, 1.82) is 0 Å². The molecule has 102 valence electrons. The summed E-state index contributed by atoms with van der Waals surface area (Å²) >= 11 is 8.85. The zero-order valence-electron chi connectivity index (χ0n) is 9.05. The third kappa shape index (κ3) is 5.06. The van der Waals surface area contributed by atoms with Crippen LogP contribution in [0.2, 0.25) is 5.02 Å². The number of nitrogens with two attached hydrogens (primary N) is 1. The Morgan fingerprint density at radius 1 is 1.50 bits per heavy atom. The van der Waals surface area contributed by atoms with Crippen molar-refractivity contribution < 1.29 is 13.6 Å². The van der Waals surface area contributed by atoms with Gasteiger partial charge in [0.2, 0.25) is 0 Å². The first kappa shape index (κ1) is 17.6. The first-order chi connectivity index (χ1) is 7.85. The Labute approximate surface area is 123 Å². The van der Waals surface area contributed by atoms with Gasteiger partial charge in [0.05, 0.1) is 18.7 Å². The molecule has 0 saturated heterocycles. The molecular formula is C10H11BrCl2F2N2O. The highest BCUT2D eigenvalue weighted by Crippen LogP contribution is 2.21. The lowest BCUT2D eigenvalue weighted by atomic mass is 10.2. The van der Waals surface area contributed by atoms with E-state index >= 15 is 0 Å². The van der Waals surface area contributed by atoms with Gasteiger partial charge in [-0.15, -0.1) is 12.4 Å². The average molecular weight is 364 g/mol. The van der Waals surface area contributed by atoms with E-state index in [1.54, 1.807) is 12.1 Å². The second-order valence-electron chi connectivity index (χ2n) is 3.37. The maximum absolute atomic E-state index is 12.8. The molecular weight excluding hydrogens is 353 g/mol. The van der Waals surface area contributed by atoms with Gasteiger partial charge >= 0.3 is 0 Å². The van der Waals surface area contributed by atoms with Gasteiger partial charge in [-0.3, -0.25) is 4.79 Å². The quantitative estimate of drug-likeness (QED) is 0.864. The Hall–Kier alpha value is -0.430. The van der Waals surface area contributed by atoms with E-state index in [4.69, 9.17) is 17.3 Å². The maximum Gasteiger partial charge on any atom is 0.277 e. The van der Waals surface area contributed by atoms with Gasteiger partial charge in [-0.25, -0.2) is 8.78 Å². The summed E-state index contributed by atoms with van der Waals surface area (Å²) in [7, 11) is 0. The van der Waals surface area contributed by atoms with Gasteiger partial charge in [-0.05, 0) is 34.1 Å². The molecule has 0 aliphatic rings. The fraction of sp³-hybridized carbons (Fsp3) is 0.300. The van der Waals surface area contributed by atoms with E-state index in [1.807, 2.05) is 0 Å². The van der Waals surface area contributed by atoms with E-state index in [1.165, 1.54) is 6.07 Å². The number of hydrogen-bond acceptors (Lipinski definition) is 2. The number of amides is 1. The second-order valence-corrected chi connectivity index (χ2v) is 4.66. The molecule has 0 bridgehead atoms. The van der Waals surface area contributed by atoms with E-state index in [-0.39, 0.29) is 18.0 Å². The van der Waals surface area contributed by atoms with Crippen molar-refractivity contribution in [3.8, 4) is 0 Å². The second kappa shape index (κ2) is 7.23. The van der Waals surface area contributed by atoms with Crippen molar-refractivity contribution in [2.24, 2.45) is 5.73 Å². The van der Waals surface area contributed by atoms with Gasteiger partial charge in [0, 0.05) is 9.50 Å². The van der Waals surface area contributed by atoms with Crippen LogP contribution >= 0.6 is 39.9 Å². The van der Waals surface area contributed by atoms with E-state index in [0.29, 0.717) is 9.50 Å². The standard InChI is InChI=1S/C10H10BrClF2N2O.ClH/c11-8-2-1-6(12)3-7(8)9(17)16-5-10(13,14)4-15;/h1-3H,4-5,15H2,(H,16,17);1H. The molecule has 3 nitrogen and oxygen atoms in total. The van der Waals surface area contributed by atoms with Crippen LogP contribution in [0.3, 0.4) is 0 Å². The molecule has 1 amide bonds. The number of nitrogens with one attached hydrogen (secondary N) is 1. The van der Waals surface area contributed by atoms with Crippen molar-refractivity contribution in [2.45, 2.75) is 5.92 Å². The van der Waals surface area contributed by atoms with Crippen LogP contribution in [0, 0.1) is 0 Å². The fourth-order valence-corrected chi connectivity index (χ4v) is 1.65. The smallest absolute Gasteiger partial charge is 0.277 e. The molecule has 0 atom stereocenters. The summed E-state index contributed by atoms with van der Waals surface area (Å²) in [6.07, 6.45) is 0. The van der Waals surface area contributed by atoms with Gasteiger partial charge in [0.1, 0.15) is 0 Å².